The second-order valence-electron chi connectivity index (χ2n) is 6.60. The number of piperidine rings is 1. The Morgan fingerprint density at radius 3 is 2.57 bits per heavy atom. The molecule has 2 saturated heterocycles. The van der Waals surface area contributed by atoms with Crippen molar-refractivity contribution >= 4 is 0 Å². The average molecular weight is 288 g/mol. The third kappa shape index (κ3) is 4.06. The summed E-state index contributed by atoms with van der Waals surface area (Å²) in [5, 5.41) is 0. The molecule has 0 aliphatic carbocycles. The highest BCUT2D eigenvalue weighted by molar-refractivity contribution is 5.15. The fourth-order valence-electron chi connectivity index (χ4n) is 3.88. The Hall–Kier alpha value is -0.900. The minimum absolute atomic E-state index is 0.870. The van der Waals surface area contributed by atoms with Crippen molar-refractivity contribution < 1.29 is 4.74 Å². The smallest absolute Gasteiger partial charge is 0.0589 e. The lowest BCUT2D eigenvalue weighted by Gasteiger charge is -2.34. The van der Waals surface area contributed by atoms with Crippen LogP contribution in [0.3, 0.4) is 0 Å². The van der Waals surface area contributed by atoms with E-state index in [1.807, 2.05) is 0 Å². The quantitative estimate of drug-likeness (QED) is 0.797. The first-order valence-corrected chi connectivity index (χ1v) is 8.32. The monoisotopic (exact) mass is 288 g/mol. The molecule has 2 aliphatic rings. The molecule has 1 aromatic rings. The van der Waals surface area contributed by atoms with Crippen molar-refractivity contribution in [2.75, 3.05) is 53.0 Å². The maximum Gasteiger partial charge on any atom is 0.0589 e. The van der Waals surface area contributed by atoms with Gasteiger partial charge in [-0.1, -0.05) is 30.3 Å². The number of rotatable bonds is 6. The topological polar surface area (TPSA) is 15.7 Å². The minimum atomic E-state index is 0.870. The van der Waals surface area contributed by atoms with Crippen molar-refractivity contribution in [1.29, 1.82) is 0 Å². The molecule has 0 amide bonds. The van der Waals surface area contributed by atoms with Gasteiger partial charge in [0.2, 0.25) is 0 Å². The molecule has 116 valence electrons. The van der Waals surface area contributed by atoms with Crippen molar-refractivity contribution in [3.8, 4) is 0 Å². The van der Waals surface area contributed by atoms with E-state index < -0.39 is 0 Å². The first-order chi connectivity index (χ1) is 10.3. The number of likely N-dealkylation sites (tertiary alicyclic amines) is 2. The molecule has 3 rings (SSSR count). The summed E-state index contributed by atoms with van der Waals surface area (Å²) in [7, 11) is 1.80. The van der Waals surface area contributed by atoms with Crippen LogP contribution in [0.2, 0.25) is 0 Å². The molecule has 2 fully saturated rings. The highest BCUT2D eigenvalue weighted by Gasteiger charge is 2.36. The van der Waals surface area contributed by atoms with Crippen LogP contribution in [0, 0.1) is 11.8 Å². The molecule has 0 N–H and O–H groups in total. The number of fused-ring (bicyclic) bond motifs is 1. The second kappa shape index (κ2) is 7.39. The molecule has 2 atom stereocenters. The first-order valence-electron chi connectivity index (χ1n) is 8.32. The molecular weight excluding hydrogens is 260 g/mol. The van der Waals surface area contributed by atoms with E-state index in [0.717, 1.165) is 25.0 Å². The van der Waals surface area contributed by atoms with E-state index in [-0.39, 0.29) is 0 Å². The standard InChI is InChI=1S/C18H28N2O/c1-21-12-11-19-10-8-17-13-20(15-18(17)14-19)9-7-16-5-3-2-4-6-16/h2-6,17-18H,7-15H2,1H3/t17-,18+/m1/s1. The summed E-state index contributed by atoms with van der Waals surface area (Å²) in [6.07, 6.45) is 2.56. The van der Waals surface area contributed by atoms with E-state index in [1.165, 1.54) is 51.1 Å². The largest absolute Gasteiger partial charge is 0.383 e. The summed E-state index contributed by atoms with van der Waals surface area (Å²) < 4.78 is 5.21. The Kier molecular flexibility index (Phi) is 5.28. The molecule has 0 radical (unpaired) electrons. The summed E-state index contributed by atoms with van der Waals surface area (Å²) >= 11 is 0. The lowest BCUT2D eigenvalue weighted by molar-refractivity contribution is 0.102. The second-order valence-corrected chi connectivity index (χ2v) is 6.60. The van der Waals surface area contributed by atoms with E-state index in [0.29, 0.717) is 0 Å². The molecule has 0 bridgehead atoms. The summed E-state index contributed by atoms with van der Waals surface area (Å²) in [5.41, 5.74) is 1.47. The predicted octanol–water partition coefficient (Wildman–Crippen LogP) is 2.13. The van der Waals surface area contributed by atoms with Gasteiger partial charge in [-0.15, -0.1) is 0 Å². The summed E-state index contributed by atoms with van der Waals surface area (Å²) in [4.78, 5) is 5.27. The van der Waals surface area contributed by atoms with Crippen LogP contribution in [0.4, 0.5) is 0 Å². The van der Waals surface area contributed by atoms with Gasteiger partial charge >= 0.3 is 0 Å². The van der Waals surface area contributed by atoms with Gasteiger partial charge in [0.15, 0.2) is 0 Å². The SMILES string of the molecule is COCCN1CC[C@@H]2CN(CCc3ccccc3)C[C@@H]2C1. The Bertz CT molecular complexity index is 422. The number of benzene rings is 1. The number of nitrogens with zero attached hydrogens (tertiary/aromatic N) is 2. The molecule has 0 aromatic heterocycles. The van der Waals surface area contributed by atoms with Gasteiger partial charge in [0.25, 0.3) is 0 Å². The molecule has 0 unspecified atom stereocenters. The summed E-state index contributed by atoms with van der Waals surface area (Å²) in [5.74, 6) is 1.81. The molecule has 1 aromatic carbocycles. The van der Waals surface area contributed by atoms with E-state index >= 15 is 0 Å². The van der Waals surface area contributed by atoms with Crippen molar-refractivity contribution in [2.45, 2.75) is 12.8 Å². The van der Waals surface area contributed by atoms with Crippen LogP contribution < -0.4 is 0 Å². The van der Waals surface area contributed by atoms with E-state index in [9.17, 15) is 0 Å². The number of hydrogen-bond donors (Lipinski definition) is 0. The third-order valence-electron chi connectivity index (χ3n) is 5.13. The maximum atomic E-state index is 5.21. The molecule has 2 heterocycles. The number of ether oxygens (including phenoxy) is 1. The zero-order valence-corrected chi connectivity index (χ0v) is 13.2. The van der Waals surface area contributed by atoms with Gasteiger partial charge in [0.05, 0.1) is 6.61 Å². The van der Waals surface area contributed by atoms with Crippen LogP contribution in [-0.2, 0) is 11.2 Å². The molecule has 3 heteroatoms. The normalized spacial score (nSPS) is 26.9. The van der Waals surface area contributed by atoms with Gasteiger partial charge in [-0.2, -0.15) is 0 Å². The van der Waals surface area contributed by atoms with Crippen LogP contribution in [0.5, 0.6) is 0 Å². The molecule has 0 saturated carbocycles. The maximum absolute atomic E-state index is 5.21. The van der Waals surface area contributed by atoms with Crippen molar-refractivity contribution in [2.24, 2.45) is 11.8 Å². The minimum Gasteiger partial charge on any atom is -0.383 e. The van der Waals surface area contributed by atoms with Crippen molar-refractivity contribution in [3.63, 3.8) is 0 Å². The predicted molar refractivity (Wildman–Crippen MR) is 86.5 cm³/mol. The average Bonchev–Trinajstić information content (AvgIpc) is 2.94. The fraction of sp³-hybridized carbons (Fsp3) is 0.667. The highest BCUT2D eigenvalue weighted by atomic mass is 16.5. The number of hydrogen-bond acceptors (Lipinski definition) is 3. The van der Waals surface area contributed by atoms with Gasteiger partial charge in [-0.05, 0) is 36.8 Å². The van der Waals surface area contributed by atoms with Gasteiger partial charge < -0.3 is 14.5 Å². The summed E-state index contributed by atoms with van der Waals surface area (Å²) in [6.45, 7) is 8.33. The van der Waals surface area contributed by atoms with Gasteiger partial charge in [0.1, 0.15) is 0 Å². The van der Waals surface area contributed by atoms with Crippen LogP contribution in [-0.4, -0.2) is 62.8 Å². The number of methoxy groups -OCH3 is 1. The Morgan fingerprint density at radius 2 is 1.76 bits per heavy atom. The first kappa shape index (κ1) is 15.0. The third-order valence-corrected chi connectivity index (χ3v) is 5.13. The zero-order valence-electron chi connectivity index (χ0n) is 13.2. The molecule has 0 spiro atoms. The lowest BCUT2D eigenvalue weighted by Crippen LogP contribution is -2.41. The van der Waals surface area contributed by atoms with E-state index in [2.05, 4.69) is 40.1 Å². The van der Waals surface area contributed by atoms with Crippen LogP contribution in [0.15, 0.2) is 30.3 Å². The van der Waals surface area contributed by atoms with Gasteiger partial charge in [0, 0.05) is 39.8 Å². The summed E-state index contributed by atoms with van der Waals surface area (Å²) in [6, 6.07) is 10.9. The van der Waals surface area contributed by atoms with E-state index in [1.54, 1.807) is 7.11 Å². The molecule has 2 aliphatic heterocycles. The highest BCUT2D eigenvalue weighted by Crippen LogP contribution is 2.31. The van der Waals surface area contributed by atoms with Crippen LogP contribution in [0.25, 0.3) is 0 Å². The Labute approximate surface area is 128 Å². The molecular formula is C18H28N2O. The van der Waals surface area contributed by atoms with E-state index in [4.69, 9.17) is 4.74 Å². The Balaban J connectivity index is 1.44. The van der Waals surface area contributed by atoms with Crippen LogP contribution >= 0.6 is 0 Å². The lowest BCUT2D eigenvalue weighted by atomic mass is 9.89. The zero-order chi connectivity index (χ0) is 14.5. The molecule has 3 nitrogen and oxygen atoms in total. The van der Waals surface area contributed by atoms with Crippen LogP contribution in [0.1, 0.15) is 12.0 Å². The van der Waals surface area contributed by atoms with Gasteiger partial charge in [-0.25, -0.2) is 0 Å². The Morgan fingerprint density at radius 1 is 1.00 bits per heavy atom. The van der Waals surface area contributed by atoms with Crippen molar-refractivity contribution in [3.05, 3.63) is 35.9 Å². The van der Waals surface area contributed by atoms with Crippen molar-refractivity contribution in [1.82, 2.24) is 9.80 Å². The molecule has 21 heavy (non-hydrogen) atoms. The van der Waals surface area contributed by atoms with Gasteiger partial charge in [-0.3, -0.25) is 0 Å². The fourth-order valence-corrected chi connectivity index (χ4v) is 3.88.